The maximum Gasteiger partial charge on any atom is 0.339 e. The van der Waals surface area contributed by atoms with E-state index in [-0.39, 0.29) is 18.1 Å². The van der Waals surface area contributed by atoms with Gasteiger partial charge in [-0.15, -0.1) is 0 Å². The van der Waals surface area contributed by atoms with Crippen LogP contribution in [0.15, 0.2) is 18.7 Å². The maximum absolute atomic E-state index is 12.4. The molecule has 1 aliphatic heterocycles. The van der Waals surface area contributed by atoms with Gasteiger partial charge in [0.05, 0.1) is 24.9 Å². The van der Waals surface area contributed by atoms with Crippen LogP contribution in [0.3, 0.4) is 0 Å². The Hall–Kier alpha value is -0.530. The standard InChI is InChI=1S/C19H30N2O7P2/c22-17-6-16(10-27-30(25,26)12-29(23,24)21-2-1-20-11-21)28-18(17)19-7-13-3-14(8-19)5-15(4-13)9-19/h1-2,11,13-18,22H,3-10,12H2,(H,23,24)(H,25,26)/t13?,14?,15?,16-,17+,18+,19?/m1/s1. The van der Waals surface area contributed by atoms with Gasteiger partial charge in [0.15, 0.2) is 0 Å². The van der Waals surface area contributed by atoms with Crippen molar-refractivity contribution in [2.24, 2.45) is 23.2 Å². The summed E-state index contributed by atoms with van der Waals surface area (Å²) in [6, 6.07) is 0. The number of aromatic nitrogens is 2. The summed E-state index contributed by atoms with van der Waals surface area (Å²) in [6.45, 7) is -0.183. The van der Waals surface area contributed by atoms with E-state index in [0.29, 0.717) is 6.42 Å². The van der Waals surface area contributed by atoms with Gasteiger partial charge in [-0.05, 0) is 61.7 Å². The predicted octanol–water partition coefficient (Wildman–Crippen LogP) is 2.81. The van der Waals surface area contributed by atoms with Gasteiger partial charge in [-0.3, -0.25) is 13.5 Å². The fourth-order valence-electron chi connectivity index (χ4n) is 6.92. The Morgan fingerprint density at radius 1 is 1.10 bits per heavy atom. The maximum atomic E-state index is 12.4. The van der Waals surface area contributed by atoms with Gasteiger partial charge in [-0.25, -0.2) is 4.98 Å². The monoisotopic (exact) mass is 460 g/mol. The SMILES string of the molecule is O=P(O)(CP(=O)(O)n1ccnc1)OC[C@H]1C[C@H](O)[C@@H](C23CC4CC(CC(C4)C2)C3)O1. The number of hydrogen-bond donors (Lipinski definition) is 3. The van der Waals surface area contributed by atoms with E-state index in [9.17, 15) is 24.0 Å². The van der Waals surface area contributed by atoms with Crippen LogP contribution < -0.4 is 0 Å². The topological polar surface area (TPSA) is 131 Å². The molecule has 0 spiro atoms. The van der Waals surface area contributed by atoms with E-state index >= 15 is 0 Å². The Morgan fingerprint density at radius 3 is 2.30 bits per heavy atom. The molecule has 0 aromatic carbocycles. The first kappa shape index (κ1) is 21.3. The minimum Gasteiger partial charge on any atom is -0.390 e. The molecule has 1 aromatic rings. The smallest absolute Gasteiger partial charge is 0.339 e. The van der Waals surface area contributed by atoms with E-state index in [2.05, 4.69) is 4.98 Å². The fourth-order valence-corrected chi connectivity index (χ4v) is 10.6. The van der Waals surface area contributed by atoms with Gasteiger partial charge in [-0.2, -0.15) is 0 Å². The van der Waals surface area contributed by atoms with E-state index in [1.54, 1.807) is 0 Å². The third kappa shape index (κ3) is 3.99. The van der Waals surface area contributed by atoms with Crippen LogP contribution in [-0.4, -0.2) is 55.0 Å². The summed E-state index contributed by atoms with van der Waals surface area (Å²) in [5.74, 6) is 1.31. The van der Waals surface area contributed by atoms with Crippen LogP contribution in [0.1, 0.15) is 44.9 Å². The third-order valence-corrected chi connectivity index (χ3v) is 12.0. The van der Waals surface area contributed by atoms with E-state index in [1.807, 2.05) is 0 Å². The van der Waals surface area contributed by atoms with Gasteiger partial charge < -0.3 is 24.2 Å². The highest BCUT2D eigenvalue weighted by Crippen LogP contribution is 2.63. The molecule has 1 aromatic heterocycles. The Labute approximate surface area is 175 Å². The van der Waals surface area contributed by atoms with E-state index in [1.165, 1.54) is 31.7 Å². The molecule has 4 aliphatic carbocycles. The van der Waals surface area contributed by atoms with Gasteiger partial charge in [0.1, 0.15) is 12.2 Å². The molecular weight excluding hydrogens is 430 g/mol. The Bertz CT molecular complexity index is 841. The summed E-state index contributed by atoms with van der Waals surface area (Å²) in [5, 5.41) is 10.8. The molecule has 5 fully saturated rings. The van der Waals surface area contributed by atoms with Crippen LogP contribution in [0.4, 0.5) is 0 Å². The molecule has 0 radical (unpaired) electrons. The number of nitrogens with zero attached hydrogens (tertiary/aromatic N) is 2. The van der Waals surface area contributed by atoms with Crippen LogP contribution in [0, 0.1) is 23.2 Å². The van der Waals surface area contributed by atoms with Crippen LogP contribution in [0.25, 0.3) is 0 Å². The van der Waals surface area contributed by atoms with Crippen LogP contribution in [0.2, 0.25) is 0 Å². The number of hydrogen-bond acceptors (Lipinski definition) is 6. The van der Waals surface area contributed by atoms with Crippen molar-refractivity contribution in [3.05, 3.63) is 18.7 Å². The first-order chi connectivity index (χ1) is 14.1. The largest absolute Gasteiger partial charge is 0.390 e. The zero-order valence-corrected chi connectivity index (χ0v) is 18.6. The molecule has 30 heavy (non-hydrogen) atoms. The van der Waals surface area contributed by atoms with Crippen molar-refractivity contribution < 1.29 is 33.3 Å². The van der Waals surface area contributed by atoms with Crippen molar-refractivity contribution in [1.82, 2.24) is 9.32 Å². The molecule has 5 aliphatic rings. The average molecular weight is 460 g/mol. The molecule has 9 nitrogen and oxygen atoms in total. The molecule has 1 saturated heterocycles. The first-order valence-electron chi connectivity index (χ1n) is 10.7. The highest BCUT2D eigenvalue weighted by Gasteiger charge is 2.58. The molecule has 6 rings (SSSR count). The van der Waals surface area contributed by atoms with E-state index < -0.39 is 33.2 Å². The van der Waals surface area contributed by atoms with E-state index in [0.717, 1.165) is 47.7 Å². The molecule has 0 amide bonds. The molecule has 4 saturated carbocycles. The van der Waals surface area contributed by atoms with Gasteiger partial charge in [0, 0.05) is 18.8 Å². The molecule has 168 valence electrons. The van der Waals surface area contributed by atoms with Gasteiger partial charge in [0.2, 0.25) is 0 Å². The molecule has 11 heteroatoms. The lowest BCUT2D eigenvalue weighted by Gasteiger charge is -2.59. The highest BCUT2D eigenvalue weighted by atomic mass is 31.2. The fraction of sp³-hybridized carbons (Fsp3) is 0.842. The summed E-state index contributed by atoms with van der Waals surface area (Å²) >= 11 is 0. The predicted molar refractivity (Wildman–Crippen MR) is 108 cm³/mol. The third-order valence-electron chi connectivity index (χ3n) is 7.56. The summed E-state index contributed by atoms with van der Waals surface area (Å²) in [5.41, 5.74) is 0.0219. The van der Waals surface area contributed by atoms with Gasteiger partial charge in [0.25, 0.3) is 0 Å². The molecule has 3 N–H and O–H groups in total. The lowest BCUT2D eigenvalue weighted by molar-refractivity contribution is -0.158. The van der Waals surface area contributed by atoms with Crippen molar-refractivity contribution in [3.63, 3.8) is 0 Å². The van der Waals surface area contributed by atoms with Crippen molar-refractivity contribution in [2.45, 2.75) is 63.3 Å². The second-order valence-electron chi connectivity index (χ2n) is 9.94. The lowest BCUT2D eigenvalue weighted by Crippen LogP contribution is -2.54. The number of aliphatic hydroxyl groups is 1. The minimum absolute atomic E-state index is 0.0219. The van der Waals surface area contributed by atoms with Crippen molar-refractivity contribution >= 4 is 15.1 Å². The van der Waals surface area contributed by atoms with Gasteiger partial charge in [-0.1, -0.05) is 0 Å². The zero-order chi connectivity index (χ0) is 21.1. The molecule has 2 heterocycles. The number of imidazole rings is 1. The zero-order valence-electron chi connectivity index (χ0n) is 16.8. The summed E-state index contributed by atoms with van der Waals surface area (Å²) in [6.07, 6.45) is 9.94. The van der Waals surface area contributed by atoms with Crippen LogP contribution in [0.5, 0.6) is 0 Å². The molecule has 2 unspecified atom stereocenters. The lowest BCUT2D eigenvalue weighted by atomic mass is 9.48. The van der Waals surface area contributed by atoms with Crippen LogP contribution in [-0.2, 0) is 18.4 Å². The second kappa shape index (κ2) is 7.51. The number of aliphatic hydroxyl groups excluding tert-OH is 1. The van der Waals surface area contributed by atoms with E-state index in [4.69, 9.17) is 9.26 Å². The molecule has 5 atom stereocenters. The quantitative estimate of drug-likeness (QED) is 0.530. The second-order valence-corrected chi connectivity index (χ2v) is 14.4. The Balaban J connectivity index is 1.20. The summed E-state index contributed by atoms with van der Waals surface area (Å²) < 4.78 is 37.1. The minimum atomic E-state index is -4.33. The highest BCUT2D eigenvalue weighted by molar-refractivity contribution is 7.72. The average Bonchev–Trinajstić information content (AvgIpc) is 3.28. The summed E-state index contributed by atoms with van der Waals surface area (Å²) in [7, 11) is -8.45. The summed E-state index contributed by atoms with van der Waals surface area (Å²) in [4.78, 5) is 23.9. The normalized spacial score (nSPS) is 44.1. The van der Waals surface area contributed by atoms with Crippen molar-refractivity contribution in [3.8, 4) is 0 Å². The van der Waals surface area contributed by atoms with Crippen molar-refractivity contribution in [2.75, 3.05) is 12.5 Å². The van der Waals surface area contributed by atoms with Crippen molar-refractivity contribution in [1.29, 1.82) is 0 Å². The number of ether oxygens (including phenoxy) is 1. The van der Waals surface area contributed by atoms with Gasteiger partial charge >= 0.3 is 15.1 Å². The molecule has 4 bridgehead atoms. The number of rotatable bonds is 7. The Morgan fingerprint density at radius 2 is 1.73 bits per heavy atom. The van der Waals surface area contributed by atoms with Crippen LogP contribution >= 0.6 is 15.1 Å². The first-order valence-corrected chi connectivity index (χ1v) is 14.3. The molecular formula is C19H30N2O7P2. The Kier molecular flexibility index (Phi) is 5.34.